The first-order valence-electron chi connectivity index (χ1n) is 9.59. The Labute approximate surface area is 173 Å². The first-order chi connectivity index (χ1) is 14.3. The summed E-state index contributed by atoms with van der Waals surface area (Å²) in [6.45, 7) is 3.91. The molecule has 0 bridgehead atoms. The second-order valence-electron chi connectivity index (χ2n) is 7.93. The molecule has 0 saturated carbocycles. The molecule has 1 N–H and O–H groups in total. The fourth-order valence-corrected chi connectivity index (χ4v) is 3.79. The van der Waals surface area contributed by atoms with Gasteiger partial charge in [-0.1, -0.05) is 30.3 Å². The number of nitro benzene ring substituents is 1. The van der Waals surface area contributed by atoms with Gasteiger partial charge in [-0.15, -0.1) is 0 Å². The average molecular weight is 410 g/mol. The normalized spacial score (nSPS) is 22.2. The Morgan fingerprint density at radius 1 is 1.27 bits per heavy atom. The van der Waals surface area contributed by atoms with Crippen LogP contribution in [0.4, 0.5) is 5.69 Å². The van der Waals surface area contributed by atoms with E-state index >= 15 is 0 Å². The number of rotatable bonds is 5. The van der Waals surface area contributed by atoms with Crippen molar-refractivity contribution in [2.75, 3.05) is 6.54 Å². The molecule has 0 radical (unpaired) electrons. The van der Waals surface area contributed by atoms with Gasteiger partial charge in [0.1, 0.15) is 29.8 Å². The highest BCUT2D eigenvalue weighted by molar-refractivity contribution is 5.91. The third-order valence-corrected chi connectivity index (χ3v) is 5.40. The number of nitro groups is 1. The lowest BCUT2D eigenvalue weighted by atomic mass is 9.85. The fraction of sp³-hybridized carbons (Fsp3) is 0.318. The molecule has 2 aromatic carbocycles. The van der Waals surface area contributed by atoms with Crippen LogP contribution in [-0.4, -0.2) is 39.1 Å². The van der Waals surface area contributed by atoms with Crippen molar-refractivity contribution in [3.63, 3.8) is 0 Å². The zero-order valence-electron chi connectivity index (χ0n) is 16.6. The minimum Gasteiger partial charge on any atom is -0.491 e. The largest absolute Gasteiger partial charge is 0.491 e. The molecule has 0 saturated heterocycles. The number of ether oxygens (including phenoxy) is 2. The minimum absolute atomic E-state index is 0.130. The van der Waals surface area contributed by atoms with Crippen LogP contribution in [0.15, 0.2) is 60.4 Å². The molecule has 2 atom stereocenters. The molecule has 30 heavy (non-hydrogen) atoms. The van der Waals surface area contributed by atoms with Gasteiger partial charge in [0.25, 0.3) is 11.6 Å². The molecule has 1 amide bonds. The van der Waals surface area contributed by atoms with Crippen molar-refractivity contribution in [2.45, 2.75) is 38.2 Å². The Morgan fingerprint density at radius 2 is 2.00 bits per heavy atom. The number of carbonyl (C=O) groups is 1. The van der Waals surface area contributed by atoms with Gasteiger partial charge in [0.15, 0.2) is 0 Å². The summed E-state index contributed by atoms with van der Waals surface area (Å²) >= 11 is 0. The molecule has 0 aliphatic carbocycles. The van der Waals surface area contributed by atoms with Gasteiger partial charge in [0, 0.05) is 23.8 Å². The smallest absolute Gasteiger partial charge is 0.270 e. The molecule has 2 heterocycles. The van der Waals surface area contributed by atoms with E-state index in [9.17, 15) is 20.0 Å². The number of carbonyl (C=O) groups excluding carboxylic acids is 1. The number of amides is 1. The van der Waals surface area contributed by atoms with Crippen molar-refractivity contribution in [3.8, 4) is 5.75 Å². The lowest BCUT2D eigenvalue weighted by Gasteiger charge is -2.45. The van der Waals surface area contributed by atoms with Crippen LogP contribution in [0.2, 0.25) is 0 Å². The van der Waals surface area contributed by atoms with Crippen molar-refractivity contribution in [1.82, 2.24) is 4.90 Å². The average Bonchev–Trinajstić information content (AvgIpc) is 3.08. The monoisotopic (exact) mass is 410 g/mol. The van der Waals surface area contributed by atoms with Crippen LogP contribution in [0, 0.1) is 10.1 Å². The van der Waals surface area contributed by atoms with Gasteiger partial charge in [0.2, 0.25) is 0 Å². The van der Waals surface area contributed by atoms with Gasteiger partial charge in [-0.25, -0.2) is 0 Å². The van der Waals surface area contributed by atoms with E-state index in [1.165, 1.54) is 29.2 Å². The molecular weight excluding hydrogens is 388 g/mol. The molecule has 0 aromatic heterocycles. The summed E-state index contributed by atoms with van der Waals surface area (Å²) in [4.78, 5) is 25.0. The van der Waals surface area contributed by atoms with Crippen LogP contribution in [0.1, 0.15) is 31.0 Å². The number of hydrogen-bond donors (Lipinski definition) is 1. The number of aliphatic hydroxyl groups excluding tert-OH is 1. The second-order valence-corrected chi connectivity index (χ2v) is 7.93. The fourth-order valence-electron chi connectivity index (χ4n) is 3.79. The summed E-state index contributed by atoms with van der Waals surface area (Å²) in [5.74, 6) is 0.567. The Kier molecular flexibility index (Phi) is 4.95. The highest BCUT2D eigenvalue weighted by Gasteiger charge is 2.48. The summed E-state index contributed by atoms with van der Waals surface area (Å²) < 4.78 is 11.7. The maximum absolute atomic E-state index is 12.8. The van der Waals surface area contributed by atoms with Crippen LogP contribution < -0.4 is 4.74 Å². The third kappa shape index (κ3) is 3.61. The summed E-state index contributed by atoms with van der Waals surface area (Å²) in [6.07, 6.45) is 0.313. The van der Waals surface area contributed by atoms with Crippen molar-refractivity contribution >= 4 is 11.6 Å². The van der Waals surface area contributed by atoms with Crippen molar-refractivity contribution < 1.29 is 24.3 Å². The predicted molar refractivity (Wildman–Crippen MR) is 108 cm³/mol. The Morgan fingerprint density at radius 3 is 2.70 bits per heavy atom. The molecule has 8 heteroatoms. The second kappa shape index (κ2) is 7.46. The van der Waals surface area contributed by atoms with Crippen molar-refractivity contribution in [1.29, 1.82) is 0 Å². The molecule has 156 valence electrons. The lowest BCUT2D eigenvalue weighted by Crippen LogP contribution is -2.54. The summed E-state index contributed by atoms with van der Waals surface area (Å²) in [5, 5.41) is 22.2. The maximum Gasteiger partial charge on any atom is 0.270 e. The van der Waals surface area contributed by atoms with Crippen LogP contribution >= 0.6 is 0 Å². The van der Waals surface area contributed by atoms with E-state index in [1.807, 2.05) is 30.3 Å². The molecule has 0 spiro atoms. The third-order valence-electron chi connectivity index (χ3n) is 5.40. The van der Waals surface area contributed by atoms with Crippen LogP contribution in [0.5, 0.6) is 5.75 Å². The minimum atomic E-state index is -1.09. The van der Waals surface area contributed by atoms with Crippen molar-refractivity contribution in [2.24, 2.45) is 0 Å². The summed E-state index contributed by atoms with van der Waals surface area (Å²) in [5.41, 5.74) is 0.260. The zero-order valence-corrected chi connectivity index (χ0v) is 16.6. The lowest BCUT2D eigenvalue weighted by molar-refractivity contribution is -0.385. The SMILES string of the molecule is CC1(C)Oc2ccc([N+](=O)[O-])cc2[C@@H](N2CC(OCc3ccccc3)=CC2=O)[C@@H]1O. The van der Waals surface area contributed by atoms with Gasteiger partial charge < -0.3 is 19.5 Å². The van der Waals surface area contributed by atoms with E-state index < -0.39 is 22.7 Å². The number of nitrogens with zero attached hydrogens (tertiary/aromatic N) is 2. The van der Waals surface area contributed by atoms with Crippen LogP contribution in [-0.2, 0) is 16.1 Å². The topological polar surface area (TPSA) is 102 Å². The number of aliphatic hydroxyl groups is 1. The van der Waals surface area contributed by atoms with E-state index in [1.54, 1.807) is 13.8 Å². The first-order valence-corrected chi connectivity index (χ1v) is 9.59. The van der Waals surface area contributed by atoms with E-state index in [2.05, 4.69) is 0 Å². The quantitative estimate of drug-likeness (QED) is 0.600. The predicted octanol–water partition coefficient (Wildman–Crippen LogP) is 3.11. The molecule has 8 nitrogen and oxygen atoms in total. The number of fused-ring (bicyclic) bond motifs is 1. The van der Waals surface area contributed by atoms with Gasteiger partial charge in [-0.3, -0.25) is 14.9 Å². The summed E-state index contributed by atoms with van der Waals surface area (Å²) in [6, 6.07) is 13.0. The van der Waals surface area contributed by atoms with Gasteiger partial charge >= 0.3 is 0 Å². The Bertz CT molecular complexity index is 1020. The number of hydrogen-bond acceptors (Lipinski definition) is 6. The van der Waals surface area contributed by atoms with E-state index in [-0.39, 0.29) is 18.1 Å². The number of non-ortho nitro benzene ring substituents is 1. The molecule has 2 aromatic rings. The highest BCUT2D eigenvalue weighted by Crippen LogP contribution is 2.45. The summed E-state index contributed by atoms with van der Waals surface area (Å²) in [7, 11) is 0. The van der Waals surface area contributed by atoms with Gasteiger partial charge in [-0.2, -0.15) is 0 Å². The van der Waals surface area contributed by atoms with Gasteiger partial charge in [-0.05, 0) is 25.5 Å². The molecule has 4 rings (SSSR count). The Hall–Kier alpha value is -3.39. The molecule has 0 unspecified atom stereocenters. The van der Waals surface area contributed by atoms with E-state index in [0.717, 1.165) is 5.56 Å². The molecular formula is C22H22N2O6. The van der Waals surface area contributed by atoms with Crippen LogP contribution in [0.3, 0.4) is 0 Å². The number of benzene rings is 2. The molecule has 0 fully saturated rings. The first kappa shape index (κ1) is 19.9. The van der Waals surface area contributed by atoms with Crippen LogP contribution in [0.25, 0.3) is 0 Å². The highest BCUT2D eigenvalue weighted by atomic mass is 16.6. The molecule has 2 aliphatic rings. The Balaban J connectivity index is 1.60. The standard InChI is InChI=1S/C22H22N2O6/c1-22(2)21(26)20(17-10-15(24(27)28)8-9-18(17)30-22)23-12-16(11-19(23)25)29-13-14-6-4-3-5-7-14/h3-11,20-21,26H,12-13H2,1-2H3/t20-,21+/m1/s1. The van der Waals surface area contributed by atoms with Gasteiger partial charge in [0.05, 0.1) is 17.5 Å². The van der Waals surface area contributed by atoms with Crippen molar-refractivity contribution in [3.05, 3.63) is 81.6 Å². The van der Waals surface area contributed by atoms with E-state index in [0.29, 0.717) is 23.7 Å². The maximum atomic E-state index is 12.8. The zero-order chi connectivity index (χ0) is 21.5. The molecule has 2 aliphatic heterocycles. The van der Waals surface area contributed by atoms with E-state index in [4.69, 9.17) is 9.47 Å².